The lowest BCUT2D eigenvalue weighted by Crippen LogP contribution is -2.33. The Bertz CT molecular complexity index is 837. The lowest BCUT2D eigenvalue weighted by Gasteiger charge is -2.18. The molecule has 0 bridgehead atoms. The number of hydroxylamine groups is 2. The summed E-state index contributed by atoms with van der Waals surface area (Å²) in [5.41, 5.74) is 2.20. The van der Waals surface area contributed by atoms with Crippen molar-refractivity contribution in [2.75, 3.05) is 13.1 Å². The first kappa shape index (κ1) is 21.9. The third-order valence-corrected chi connectivity index (χ3v) is 4.42. The molecule has 1 heterocycles. The van der Waals surface area contributed by atoms with Crippen LogP contribution in [-0.2, 0) is 24.0 Å². The van der Waals surface area contributed by atoms with E-state index in [2.05, 4.69) is 5.92 Å². The molecule has 1 aromatic carbocycles. The Hall–Kier alpha value is -3.40. The Kier molecular flexibility index (Phi) is 8.16. The SMILES string of the molecule is C#CCN(C/C=C/c1ccccc1C)C(=O)CCCC(=O)ON1C(=O)CCC1=O. The Labute approximate surface area is 170 Å². The minimum absolute atomic E-state index is 0.0433. The van der Waals surface area contributed by atoms with Gasteiger partial charge in [-0.2, -0.15) is 0 Å². The first-order valence-electron chi connectivity index (χ1n) is 9.42. The van der Waals surface area contributed by atoms with Crippen molar-refractivity contribution in [1.82, 2.24) is 9.96 Å². The van der Waals surface area contributed by atoms with Crippen molar-refractivity contribution < 1.29 is 24.0 Å². The summed E-state index contributed by atoms with van der Waals surface area (Å²) >= 11 is 0. The molecule has 7 nitrogen and oxygen atoms in total. The molecular weight excluding hydrogens is 372 g/mol. The average Bonchev–Trinajstić information content (AvgIpc) is 3.00. The lowest BCUT2D eigenvalue weighted by molar-refractivity contribution is -0.197. The molecule has 29 heavy (non-hydrogen) atoms. The van der Waals surface area contributed by atoms with Crippen molar-refractivity contribution in [3.63, 3.8) is 0 Å². The van der Waals surface area contributed by atoms with Gasteiger partial charge in [0.25, 0.3) is 11.8 Å². The van der Waals surface area contributed by atoms with Crippen LogP contribution in [0.5, 0.6) is 0 Å². The Morgan fingerprint density at radius 2 is 1.90 bits per heavy atom. The van der Waals surface area contributed by atoms with Gasteiger partial charge < -0.3 is 9.74 Å². The molecule has 0 unspecified atom stereocenters. The van der Waals surface area contributed by atoms with Gasteiger partial charge >= 0.3 is 5.97 Å². The summed E-state index contributed by atoms with van der Waals surface area (Å²) in [6.07, 6.45) is 9.52. The Balaban J connectivity index is 1.79. The van der Waals surface area contributed by atoms with Crippen molar-refractivity contribution in [3.05, 3.63) is 41.5 Å². The van der Waals surface area contributed by atoms with E-state index in [9.17, 15) is 19.2 Å². The number of imide groups is 1. The van der Waals surface area contributed by atoms with Crippen LogP contribution in [0.15, 0.2) is 30.3 Å². The van der Waals surface area contributed by atoms with Crippen molar-refractivity contribution in [1.29, 1.82) is 0 Å². The van der Waals surface area contributed by atoms with Gasteiger partial charge in [-0.05, 0) is 24.5 Å². The second-order valence-corrected chi connectivity index (χ2v) is 6.64. The molecule has 0 N–H and O–H groups in total. The number of amides is 3. The third kappa shape index (κ3) is 6.61. The number of hydrogen-bond donors (Lipinski definition) is 0. The predicted molar refractivity (Wildman–Crippen MR) is 107 cm³/mol. The fourth-order valence-corrected chi connectivity index (χ4v) is 2.79. The zero-order valence-electron chi connectivity index (χ0n) is 16.4. The smallest absolute Gasteiger partial charge is 0.330 e. The van der Waals surface area contributed by atoms with Crippen LogP contribution in [0.4, 0.5) is 0 Å². The summed E-state index contributed by atoms with van der Waals surface area (Å²) in [6.45, 7) is 2.53. The zero-order valence-corrected chi connectivity index (χ0v) is 16.4. The number of aryl methyl sites for hydroxylation is 1. The largest absolute Gasteiger partial charge is 0.333 e. The summed E-state index contributed by atoms with van der Waals surface area (Å²) in [6, 6.07) is 7.90. The second kappa shape index (κ2) is 10.8. The van der Waals surface area contributed by atoms with Crippen LogP contribution in [0.25, 0.3) is 6.08 Å². The summed E-state index contributed by atoms with van der Waals surface area (Å²) in [5.74, 6) is 0.508. The molecule has 1 aliphatic heterocycles. The molecule has 2 rings (SSSR count). The molecule has 0 aliphatic carbocycles. The molecule has 1 fully saturated rings. The third-order valence-electron chi connectivity index (χ3n) is 4.42. The number of rotatable bonds is 9. The number of terminal acetylenes is 1. The maximum absolute atomic E-state index is 12.4. The number of carbonyl (C=O) groups is 4. The molecule has 0 spiro atoms. The molecule has 1 aliphatic rings. The minimum Gasteiger partial charge on any atom is -0.330 e. The van der Waals surface area contributed by atoms with Gasteiger partial charge in [-0.25, -0.2) is 4.79 Å². The molecular formula is C22H24N2O5. The highest BCUT2D eigenvalue weighted by atomic mass is 16.7. The average molecular weight is 396 g/mol. The normalized spacial score (nSPS) is 13.6. The number of carbonyl (C=O) groups excluding carboxylic acids is 4. The van der Waals surface area contributed by atoms with Crippen molar-refractivity contribution in [2.45, 2.75) is 39.0 Å². The highest BCUT2D eigenvalue weighted by Gasteiger charge is 2.32. The highest BCUT2D eigenvalue weighted by molar-refractivity contribution is 6.01. The Morgan fingerprint density at radius 1 is 1.21 bits per heavy atom. The van der Waals surface area contributed by atoms with Gasteiger partial charge in [-0.15, -0.1) is 11.5 Å². The van der Waals surface area contributed by atoms with Crippen molar-refractivity contribution in [2.24, 2.45) is 0 Å². The van der Waals surface area contributed by atoms with E-state index in [1.165, 1.54) is 4.90 Å². The molecule has 1 saturated heterocycles. The fraction of sp³-hybridized carbons (Fsp3) is 0.364. The van der Waals surface area contributed by atoms with E-state index >= 15 is 0 Å². The number of hydrogen-bond acceptors (Lipinski definition) is 5. The molecule has 0 aromatic heterocycles. The molecule has 152 valence electrons. The Morgan fingerprint density at radius 3 is 2.55 bits per heavy atom. The maximum atomic E-state index is 12.4. The van der Waals surface area contributed by atoms with Crippen LogP contribution in [0, 0.1) is 19.3 Å². The van der Waals surface area contributed by atoms with Crippen LogP contribution in [0.2, 0.25) is 0 Å². The van der Waals surface area contributed by atoms with Crippen LogP contribution >= 0.6 is 0 Å². The van der Waals surface area contributed by atoms with Crippen molar-refractivity contribution in [3.8, 4) is 12.3 Å². The minimum atomic E-state index is -0.718. The maximum Gasteiger partial charge on any atom is 0.333 e. The van der Waals surface area contributed by atoms with Gasteiger partial charge in [-0.1, -0.05) is 42.3 Å². The molecule has 0 saturated carbocycles. The van der Waals surface area contributed by atoms with E-state index in [4.69, 9.17) is 11.3 Å². The molecule has 1 aromatic rings. The van der Waals surface area contributed by atoms with Crippen LogP contribution < -0.4 is 0 Å². The number of nitrogens with zero attached hydrogens (tertiary/aromatic N) is 2. The van der Waals surface area contributed by atoms with Crippen LogP contribution in [0.1, 0.15) is 43.2 Å². The van der Waals surface area contributed by atoms with E-state index in [0.717, 1.165) is 11.1 Å². The summed E-state index contributed by atoms with van der Waals surface area (Å²) in [7, 11) is 0. The zero-order chi connectivity index (χ0) is 21.2. The summed E-state index contributed by atoms with van der Waals surface area (Å²) < 4.78 is 0. The van der Waals surface area contributed by atoms with E-state index in [1.54, 1.807) is 0 Å². The van der Waals surface area contributed by atoms with E-state index in [-0.39, 0.29) is 44.6 Å². The van der Waals surface area contributed by atoms with E-state index in [1.807, 2.05) is 43.3 Å². The van der Waals surface area contributed by atoms with E-state index < -0.39 is 17.8 Å². The van der Waals surface area contributed by atoms with Gasteiger partial charge in [-0.3, -0.25) is 14.4 Å². The van der Waals surface area contributed by atoms with Gasteiger partial charge in [0.2, 0.25) is 5.91 Å². The number of benzene rings is 1. The van der Waals surface area contributed by atoms with Gasteiger partial charge in [0.15, 0.2) is 0 Å². The summed E-state index contributed by atoms with van der Waals surface area (Å²) in [4.78, 5) is 53.3. The molecule has 0 radical (unpaired) electrons. The highest BCUT2D eigenvalue weighted by Crippen LogP contribution is 2.14. The second-order valence-electron chi connectivity index (χ2n) is 6.64. The standard InChI is InChI=1S/C22H24N2O5/c1-3-15-23(16-7-10-18-9-5-4-8-17(18)2)19(25)11-6-12-22(28)29-24-20(26)13-14-21(24)27/h1,4-5,7-10H,6,11-16H2,2H3/b10-7+. The molecule has 7 heteroatoms. The summed E-state index contributed by atoms with van der Waals surface area (Å²) in [5, 5.41) is 0.505. The molecule has 3 amide bonds. The van der Waals surface area contributed by atoms with Crippen LogP contribution in [-0.4, -0.2) is 46.7 Å². The van der Waals surface area contributed by atoms with Crippen molar-refractivity contribution >= 4 is 29.8 Å². The quantitative estimate of drug-likeness (QED) is 0.472. The fourth-order valence-electron chi connectivity index (χ4n) is 2.79. The van der Waals surface area contributed by atoms with Crippen LogP contribution in [0.3, 0.4) is 0 Å². The first-order valence-corrected chi connectivity index (χ1v) is 9.42. The monoisotopic (exact) mass is 396 g/mol. The predicted octanol–water partition coefficient (Wildman–Crippen LogP) is 2.25. The van der Waals surface area contributed by atoms with Gasteiger partial charge in [0.1, 0.15) is 0 Å². The van der Waals surface area contributed by atoms with Gasteiger partial charge in [0.05, 0.1) is 6.54 Å². The lowest BCUT2D eigenvalue weighted by atomic mass is 10.1. The van der Waals surface area contributed by atoms with E-state index in [0.29, 0.717) is 11.6 Å². The molecule has 0 atom stereocenters. The van der Waals surface area contributed by atoms with Gasteiger partial charge in [0, 0.05) is 32.2 Å². The first-order chi connectivity index (χ1) is 13.9. The topological polar surface area (TPSA) is 84.0 Å².